The van der Waals surface area contributed by atoms with E-state index in [4.69, 9.17) is 4.42 Å². The smallest absolute Gasteiger partial charge is 0.295 e. The minimum Gasteiger partial charge on any atom is -0.456 e. The summed E-state index contributed by atoms with van der Waals surface area (Å²) in [5.74, 6) is 1.86. The summed E-state index contributed by atoms with van der Waals surface area (Å²) in [6.45, 7) is 0. The average Bonchev–Trinajstić information content (AvgIpc) is 3.21. The van der Waals surface area contributed by atoms with Crippen LogP contribution in [-0.4, -0.2) is 24.7 Å². The first-order valence-corrected chi connectivity index (χ1v) is 20.7. The Kier molecular flexibility index (Phi) is 10.4. The molecule has 6 aromatic rings. The van der Waals surface area contributed by atoms with E-state index >= 15 is 0 Å². The number of nitrogens with zero attached hydrogens (tertiary/aromatic N) is 2. The molecule has 1 heterocycles. The Hall–Kier alpha value is -5.58. The molecule has 266 valence electrons. The Labute approximate surface area is 323 Å². The van der Waals surface area contributed by atoms with Crippen molar-refractivity contribution in [2.75, 3.05) is 16.7 Å². The fraction of sp³-hybridized carbons (Fsp3) is 0.0444. The molecule has 0 fully saturated rings. The highest BCUT2D eigenvalue weighted by atomic mass is 32.2. The zero-order valence-corrected chi connectivity index (χ0v) is 31.5. The Morgan fingerprint density at radius 1 is 0.593 bits per heavy atom. The lowest BCUT2D eigenvalue weighted by Gasteiger charge is -2.25. The molecule has 0 bridgehead atoms. The largest absolute Gasteiger partial charge is 0.456 e. The van der Waals surface area contributed by atoms with E-state index in [0.29, 0.717) is 34.2 Å². The molecule has 0 saturated heterocycles. The van der Waals surface area contributed by atoms with E-state index in [-0.39, 0.29) is 4.90 Å². The van der Waals surface area contributed by atoms with Gasteiger partial charge in [-0.3, -0.25) is 4.55 Å². The van der Waals surface area contributed by atoms with Gasteiger partial charge in [0, 0.05) is 67.5 Å². The van der Waals surface area contributed by atoms with Crippen molar-refractivity contribution >= 4 is 61.7 Å². The van der Waals surface area contributed by atoms with Gasteiger partial charge in [-0.1, -0.05) is 103 Å². The molecule has 0 aromatic heterocycles. The molecule has 2 aliphatic rings. The van der Waals surface area contributed by atoms with Crippen molar-refractivity contribution in [3.8, 4) is 22.5 Å². The quantitative estimate of drug-likeness (QED) is 0.0462. The minimum atomic E-state index is -4.55. The van der Waals surface area contributed by atoms with E-state index in [1.807, 2.05) is 109 Å². The minimum absolute atomic E-state index is 0.165. The summed E-state index contributed by atoms with van der Waals surface area (Å²) in [4.78, 5) is 4.37. The van der Waals surface area contributed by atoms with Crippen LogP contribution in [0.1, 0.15) is 0 Å². The number of hydrogen-bond donors (Lipinski definition) is 1. The van der Waals surface area contributed by atoms with Crippen molar-refractivity contribution in [1.29, 1.82) is 0 Å². The molecule has 6 aromatic carbocycles. The lowest BCUT2D eigenvalue weighted by Crippen LogP contribution is -2.25. The first-order valence-electron chi connectivity index (χ1n) is 17.3. The van der Waals surface area contributed by atoms with Crippen LogP contribution < -0.4 is 14.8 Å². The molecule has 1 aliphatic heterocycles. The highest BCUT2D eigenvalue weighted by Crippen LogP contribution is 2.43. The van der Waals surface area contributed by atoms with Gasteiger partial charge >= 0.3 is 0 Å². The van der Waals surface area contributed by atoms with E-state index in [1.54, 1.807) is 41.7 Å². The van der Waals surface area contributed by atoms with Gasteiger partial charge in [0.25, 0.3) is 10.1 Å². The zero-order chi connectivity index (χ0) is 36.9. The molecule has 0 saturated carbocycles. The SMILES string of the molecule is O=S(=O)(O)c1ccccc1-c1c2cc/c(=[N+](/CSc3ccccc3)c3ccccc3)cc-2oc2cc(N(CSc3ccccc3)c3ccccc3)ccc12. The van der Waals surface area contributed by atoms with E-state index in [9.17, 15) is 13.0 Å². The van der Waals surface area contributed by atoms with Crippen molar-refractivity contribution in [3.63, 3.8) is 0 Å². The second-order valence-corrected chi connectivity index (χ2v) is 15.9. The Bertz CT molecular complexity index is 2690. The predicted molar refractivity (Wildman–Crippen MR) is 222 cm³/mol. The normalized spacial score (nSPS) is 12.2. The summed E-state index contributed by atoms with van der Waals surface area (Å²) in [5, 5.41) is 1.63. The maximum Gasteiger partial charge on any atom is 0.295 e. The monoisotopic (exact) mass is 763 g/mol. The maximum atomic E-state index is 12.8. The van der Waals surface area contributed by atoms with Gasteiger partial charge in [-0.2, -0.15) is 13.0 Å². The van der Waals surface area contributed by atoms with Gasteiger partial charge in [0.1, 0.15) is 16.2 Å². The van der Waals surface area contributed by atoms with Gasteiger partial charge in [-0.05, 0) is 60.7 Å². The number of fused-ring (bicyclic) bond motifs is 2. The summed E-state index contributed by atoms with van der Waals surface area (Å²) >= 11 is 3.46. The number of benzene rings is 7. The standard InChI is InChI=1S/C45H34N2O4S3/c48-54(49,50)44-24-14-13-23-41(44)45-39-27-25-35(46(33-15-5-1-6-16-33)31-52-37-19-9-3-10-20-37)29-42(39)51-43-30-36(26-28-40(43)45)47(34-17-7-2-8-18-34)32-53-38-21-11-4-12-22-38/h1-30H,31-32H2/p+1. The molecular weight excluding hydrogens is 729 g/mol. The Morgan fingerprint density at radius 3 is 1.89 bits per heavy atom. The second kappa shape index (κ2) is 15.8. The molecule has 0 radical (unpaired) electrons. The number of thioether (sulfide) groups is 2. The van der Waals surface area contributed by atoms with Gasteiger partial charge in [-0.15, -0.1) is 11.8 Å². The van der Waals surface area contributed by atoms with Crippen LogP contribution in [-0.2, 0) is 10.1 Å². The zero-order valence-electron chi connectivity index (χ0n) is 29.0. The fourth-order valence-corrected chi connectivity index (χ4v) is 9.07. The van der Waals surface area contributed by atoms with Gasteiger partial charge in [0.15, 0.2) is 5.88 Å². The Morgan fingerprint density at radius 2 is 1.20 bits per heavy atom. The van der Waals surface area contributed by atoms with Crippen LogP contribution in [0.4, 0.5) is 17.1 Å². The van der Waals surface area contributed by atoms with E-state index < -0.39 is 10.1 Å². The average molecular weight is 764 g/mol. The first-order chi connectivity index (χ1) is 26.4. The summed E-state index contributed by atoms with van der Waals surface area (Å²) in [6, 6.07) is 59.6. The summed E-state index contributed by atoms with van der Waals surface area (Å²) in [5.41, 5.74) is 5.31. The van der Waals surface area contributed by atoms with Crippen LogP contribution >= 0.6 is 23.5 Å². The number of para-hydroxylation sites is 2. The lowest BCUT2D eigenvalue weighted by atomic mass is 9.93. The third-order valence-corrected chi connectivity index (χ3v) is 12.0. The molecular formula is C45H35N2O4S3+. The third-order valence-electron chi connectivity index (χ3n) is 9.09. The molecule has 9 heteroatoms. The number of anilines is 2. The first kappa shape index (κ1) is 35.4. The van der Waals surface area contributed by atoms with Crippen molar-refractivity contribution in [1.82, 2.24) is 4.58 Å². The molecule has 54 heavy (non-hydrogen) atoms. The predicted octanol–water partition coefficient (Wildman–Crippen LogP) is 11.2. The van der Waals surface area contributed by atoms with Gasteiger partial charge < -0.3 is 9.32 Å². The fourth-order valence-electron chi connectivity index (χ4n) is 6.52. The molecule has 6 nitrogen and oxygen atoms in total. The van der Waals surface area contributed by atoms with Crippen molar-refractivity contribution < 1.29 is 17.4 Å². The molecule has 1 aliphatic carbocycles. The van der Waals surface area contributed by atoms with E-state index in [1.165, 1.54) is 6.07 Å². The maximum absolute atomic E-state index is 12.8. The summed E-state index contributed by atoms with van der Waals surface area (Å²) in [7, 11) is -4.55. The molecule has 8 rings (SSSR count). The van der Waals surface area contributed by atoms with Gasteiger partial charge in [0.05, 0.1) is 11.9 Å². The number of hydrogen-bond acceptors (Lipinski definition) is 6. The van der Waals surface area contributed by atoms with Crippen LogP contribution in [0.3, 0.4) is 0 Å². The topological polar surface area (TPSA) is 73.8 Å². The molecule has 0 unspecified atom stereocenters. The highest BCUT2D eigenvalue weighted by Gasteiger charge is 2.25. The molecule has 1 N–H and O–H groups in total. The van der Waals surface area contributed by atoms with Crippen LogP contribution in [0, 0.1) is 0 Å². The van der Waals surface area contributed by atoms with Crippen LogP contribution in [0.15, 0.2) is 201 Å². The number of rotatable bonds is 11. The van der Waals surface area contributed by atoms with Crippen LogP contribution in [0.5, 0.6) is 0 Å². The van der Waals surface area contributed by atoms with Gasteiger partial charge in [-0.25, -0.2) is 0 Å². The van der Waals surface area contributed by atoms with Crippen molar-refractivity contribution in [3.05, 3.63) is 187 Å². The summed E-state index contributed by atoms with van der Waals surface area (Å²) in [6.07, 6.45) is 0. The van der Waals surface area contributed by atoms with E-state index in [2.05, 4.69) is 58.0 Å². The van der Waals surface area contributed by atoms with E-state index in [0.717, 1.165) is 43.2 Å². The third kappa shape index (κ3) is 7.71. The lowest BCUT2D eigenvalue weighted by molar-refractivity contribution is 0.483. The van der Waals surface area contributed by atoms with Crippen molar-refractivity contribution in [2.24, 2.45) is 0 Å². The van der Waals surface area contributed by atoms with Crippen LogP contribution in [0.25, 0.3) is 33.4 Å². The Balaban J connectivity index is 1.35. The summed E-state index contributed by atoms with van der Waals surface area (Å²) < 4.78 is 45.0. The van der Waals surface area contributed by atoms with Crippen LogP contribution in [0.2, 0.25) is 0 Å². The highest BCUT2D eigenvalue weighted by molar-refractivity contribution is 7.99. The molecule has 0 atom stereocenters. The van der Waals surface area contributed by atoms with Crippen molar-refractivity contribution in [2.45, 2.75) is 14.7 Å². The molecule has 0 amide bonds. The molecule has 0 spiro atoms. The van der Waals surface area contributed by atoms with Gasteiger partial charge in [0.2, 0.25) is 11.0 Å². The second-order valence-electron chi connectivity index (χ2n) is 12.5.